The van der Waals surface area contributed by atoms with Crippen molar-refractivity contribution in [1.29, 1.82) is 5.26 Å². The molecule has 20 heavy (non-hydrogen) atoms. The number of carbonyl (C=O) groups is 2. The Bertz CT molecular complexity index is 534. The van der Waals surface area contributed by atoms with Gasteiger partial charge in [0, 0.05) is 25.2 Å². The summed E-state index contributed by atoms with van der Waals surface area (Å²) in [5.41, 5.74) is 1.18. The molecule has 6 heteroatoms. The lowest BCUT2D eigenvalue weighted by Gasteiger charge is -2.25. The van der Waals surface area contributed by atoms with Gasteiger partial charge in [-0.2, -0.15) is 5.26 Å². The summed E-state index contributed by atoms with van der Waals surface area (Å²) in [4.78, 5) is 24.7. The largest absolute Gasteiger partial charge is 0.449 e. The molecule has 0 saturated carbocycles. The van der Waals surface area contributed by atoms with Crippen molar-refractivity contribution in [2.75, 3.05) is 25.0 Å². The highest BCUT2D eigenvalue weighted by molar-refractivity contribution is 5.91. The molecule has 6 nitrogen and oxygen atoms in total. The zero-order valence-corrected chi connectivity index (χ0v) is 11.0. The highest BCUT2D eigenvalue weighted by Gasteiger charge is 2.19. The van der Waals surface area contributed by atoms with E-state index in [2.05, 4.69) is 5.32 Å². The predicted octanol–water partition coefficient (Wildman–Crippen LogP) is 1.73. The van der Waals surface area contributed by atoms with E-state index in [1.165, 1.54) is 4.90 Å². The summed E-state index contributed by atoms with van der Waals surface area (Å²) >= 11 is 0. The van der Waals surface area contributed by atoms with Crippen LogP contribution in [0.1, 0.15) is 18.4 Å². The number of cyclic esters (lactones) is 1. The van der Waals surface area contributed by atoms with Crippen molar-refractivity contribution in [3.8, 4) is 6.07 Å². The SMILES string of the molecule is N#Cc1ccc(NC(=O)CCN2CCCOC2=O)cc1. The normalized spacial score (nSPS) is 14.3. The topological polar surface area (TPSA) is 82.4 Å². The van der Waals surface area contributed by atoms with Gasteiger partial charge in [0.25, 0.3) is 0 Å². The maximum absolute atomic E-state index is 11.8. The molecule has 0 bridgehead atoms. The molecule has 0 unspecified atom stereocenters. The molecule has 104 valence electrons. The van der Waals surface area contributed by atoms with Crippen LogP contribution in [0.5, 0.6) is 0 Å². The maximum Gasteiger partial charge on any atom is 0.409 e. The predicted molar refractivity (Wildman–Crippen MR) is 71.9 cm³/mol. The lowest BCUT2D eigenvalue weighted by molar-refractivity contribution is -0.116. The molecule has 1 aliphatic rings. The number of nitrogens with one attached hydrogen (secondary N) is 1. The van der Waals surface area contributed by atoms with Gasteiger partial charge >= 0.3 is 6.09 Å². The fourth-order valence-corrected chi connectivity index (χ4v) is 1.89. The molecule has 1 saturated heterocycles. The Kier molecular flexibility index (Phi) is 4.56. The van der Waals surface area contributed by atoms with Gasteiger partial charge in [-0.15, -0.1) is 0 Å². The highest BCUT2D eigenvalue weighted by atomic mass is 16.6. The van der Waals surface area contributed by atoms with Gasteiger partial charge in [-0.1, -0.05) is 0 Å². The molecular formula is C14H15N3O3. The molecule has 0 radical (unpaired) electrons. The van der Waals surface area contributed by atoms with E-state index in [0.717, 1.165) is 6.42 Å². The van der Waals surface area contributed by atoms with E-state index in [1.54, 1.807) is 24.3 Å². The van der Waals surface area contributed by atoms with E-state index in [-0.39, 0.29) is 18.4 Å². The van der Waals surface area contributed by atoms with Gasteiger partial charge in [-0.3, -0.25) is 4.79 Å². The van der Waals surface area contributed by atoms with Crippen molar-refractivity contribution in [2.45, 2.75) is 12.8 Å². The number of benzene rings is 1. The number of ether oxygens (including phenoxy) is 1. The first kappa shape index (κ1) is 13.9. The Morgan fingerprint density at radius 2 is 2.15 bits per heavy atom. The molecule has 2 amide bonds. The number of carbonyl (C=O) groups excluding carboxylic acids is 2. The Morgan fingerprint density at radius 1 is 1.40 bits per heavy atom. The molecule has 0 atom stereocenters. The molecule has 0 aromatic heterocycles. The van der Waals surface area contributed by atoms with Gasteiger partial charge in [0.1, 0.15) is 0 Å². The second kappa shape index (κ2) is 6.57. The Labute approximate surface area is 116 Å². The standard InChI is InChI=1S/C14H15N3O3/c15-10-11-2-4-12(5-3-11)16-13(18)6-8-17-7-1-9-20-14(17)19/h2-5H,1,6-9H2,(H,16,18). The maximum atomic E-state index is 11.8. The number of rotatable bonds is 4. The van der Waals surface area contributed by atoms with Crippen LogP contribution in [0.25, 0.3) is 0 Å². The molecule has 0 spiro atoms. The minimum absolute atomic E-state index is 0.173. The van der Waals surface area contributed by atoms with Crippen LogP contribution in [0.15, 0.2) is 24.3 Å². The van der Waals surface area contributed by atoms with E-state index < -0.39 is 0 Å². The van der Waals surface area contributed by atoms with Crippen molar-refractivity contribution < 1.29 is 14.3 Å². The average Bonchev–Trinajstić information content (AvgIpc) is 2.47. The second-order valence-electron chi connectivity index (χ2n) is 4.44. The Balaban J connectivity index is 1.80. The van der Waals surface area contributed by atoms with Crippen LogP contribution >= 0.6 is 0 Å². The summed E-state index contributed by atoms with van der Waals surface area (Å²) in [6.45, 7) is 1.43. The van der Waals surface area contributed by atoms with E-state index in [4.69, 9.17) is 10.00 Å². The Hall–Kier alpha value is -2.55. The van der Waals surface area contributed by atoms with E-state index >= 15 is 0 Å². The number of hydrogen-bond donors (Lipinski definition) is 1. The van der Waals surface area contributed by atoms with Gasteiger partial charge in [0.05, 0.1) is 18.2 Å². The third-order valence-electron chi connectivity index (χ3n) is 2.96. The number of nitrogens with zero attached hydrogens (tertiary/aromatic N) is 2. The fraction of sp³-hybridized carbons (Fsp3) is 0.357. The number of anilines is 1. The molecule has 1 fully saturated rings. The molecule has 1 N–H and O–H groups in total. The number of hydrogen-bond acceptors (Lipinski definition) is 4. The van der Waals surface area contributed by atoms with E-state index in [1.807, 2.05) is 6.07 Å². The Morgan fingerprint density at radius 3 is 2.80 bits per heavy atom. The minimum atomic E-state index is -0.359. The van der Waals surface area contributed by atoms with Crippen molar-refractivity contribution in [3.63, 3.8) is 0 Å². The second-order valence-corrected chi connectivity index (χ2v) is 4.44. The number of amides is 2. The van der Waals surface area contributed by atoms with E-state index in [0.29, 0.717) is 30.9 Å². The smallest absolute Gasteiger partial charge is 0.409 e. The zero-order valence-electron chi connectivity index (χ0n) is 11.0. The lowest BCUT2D eigenvalue weighted by Crippen LogP contribution is -2.39. The molecule has 1 aliphatic heterocycles. The average molecular weight is 273 g/mol. The first-order chi connectivity index (χ1) is 9.69. The monoisotopic (exact) mass is 273 g/mol. The van der Waals surface area contributed by atoms with Crippen LogP contribution < -0.4 is 5.32 Å². The lowest BCUT2D eigenvalue weighted by atomic mass is 10.2. The molecule has 2 rings (SSSR count). The first-order valence-corrected chi connectivity index (χ1v) is 6.41. The summed E-state index contributed by atoms with van der Waals surface area (Å²) in [6.07, 6.45) is 0.653. The third kappa shape index (κ3) is 3.72. The van der Waals surface area contributed by atoms with Crippen LogP contribution in [-0.4, -0.2) is 36.6 Å². The van der Waals surface area contributed by atoms with Crippen LogP contribution in [0.2, 0.25) is 0 Å². The molecule has 1 aromatic rings. The summed E-state index contributed by atoms with van der Waals surface area (Å²) in [7, 11) is 0. The summed E-state index contributed by atoms with van der Waals surface area (Å²) in [5, 5.41) is 11.4. The third-order valence-corrected chi connectivity index (χ3v) is 2.96. The van der Waals surface area contributed by atoms with Gasteiger partial charge in [-0.25, -0.2) is 4.79 Å². The first-order valence-electron chi connectivity index (χ1n) is 6.41. The highest BCUT2D eigenvalue weighted by Crippen LogP contribution is 2.10. The van der Waals surface area contributed by atoms with Crippen molar-refractivity contribution >= 4 is 17.7 Å². The molecule has 1 aromatic carbocycles. The quantitative estimate of drug-likeness (QED) is 0.905. The summed E-state index contributed by atoms with van der Waals surface area (Å²) in [5.74, 6) is -0.173. The van der Waals surface area contributed by atoms with Crippen LogP contribution in [0.4, 0.5) is 10.5 Å². The van der Waals surface area contributed by atoms with E-state index in [9.17, 15) is 9.59 Å². The van der Waals surface area contributed by atoms with Crippen molar-refractivity contribution in [2.24, 2.45) is 0 Å². The van der Waals surface area contributed by atoms with Crippen LogP contribution in [0, 0.1) is 11.3 Å². The van der Waals surface area contributed by atoms with Gasteiger partial charge < -0.3 is 15.0 Å². The van der Waals surface area contributed by atoms with Crippen molar-refractivity contribution in [1.82, 2.24) is 4.90 Å². The summed E-state index contributed by atoms with van der Waals surface area (Å²) in [6, 6.07) is 8.63. The molecule has 0 aliphatic carbocycles. The number of nitriles is 1. The van der Waals surface area contributed by atoms with Gasteiger partial charge in [0.2, 0.25) is 5.91 Å². The fourth-order valence-electron chi connectivity index (χ4n) is 1.89. The minimum Gasteiger partial charge on any atom is -0.449 e. The van der Waals surface area contributed by atoms with Gasteiger partial charge in [-0.05, 0) is 30.7 Å². The zero-order chi connectivity index (χ0) is 14.4. The van der Waals surface area contributed by atoms with Crippen LogP contribution in [0.3, 0.4) is 0 Å². The van der Waals surface area contributed by atoms with Crippen molar-refractivity contribution in [3.05, 3.63) is 29.8 Å². The molecule has 1 heterocycles. The molecular weight excluding hydrogens is 258 g/mol. The summed E-state index contributed by atoms with van der Waals surface area (Å²) < 4.78 is 4.89. The van der Waals surface area contributed by atoms with Crippen LogP contribution in [-0.2, 0) is 9.53 Å². The van der Waals surface area contributed by atoms with Gasteiger partial charge in [0.15, 0.2) is 0 Å².